The summed E-state index contributed by atoms with van der Waals surface area (Å²) in [5, 5.41) is 0. The highest BCUT2D eigenvalue weighted by molar-refractivity contribution is 7.41. The van der Waals surface area contributed by atoms with E-state index in [0.29, 0.717) is 0 Å². The van der Waals surface area contributed by atoms with Crippen LogP contribution in [-0.2, 0) is 22.3 Å². The summed E-state index contributed by atoms with van der Waals surface area (Å²) >= 11 is 9.62. The number of fused-ring (bicyclic) bond motifs is 3. The van der Waals surface area contributed by atoms with Crippen LogP contribution in [0.25, 0.3) is 38.3 Å². The molecule has 0 fully saturated rings. The van der Waals surface area contributed by atoms with Crippen molar-refractivity contribution in [2.45, 2.75) is 26.7 Å². The molecule has 0 aromatic carbocycles. The Kier molecular flexibility index (Phi) is 6.90. The third kappa shape index (κ3) is 4.69. The first-order valence-corrected chi connectivity index (χ1v) is 14.6. The molecular formula is C24H24O2S5. The van der Waals surface area contributed by atoms with Crippen LogP contribution in [-0.4, -0.2) is 26.4 Å². The van der Waals surface area contributed by atoms with Crippen LogP contribution in [0.15, 0.2) is 36.4 Å². The van der Waals surface area contributed by atoms with Crippen LogP contribution in [0.5, 0.6) is 0 Å². The van der Waals surface area contributed by atoms with E-state index in [9.17, 15) is 0 Å². The molecule has 5 heterocycles. The van der Waals surface area contributed by atoms with Gasteiger partial charge in [0.05, 0.1) is 22.6 Å². The molecule has 0 aliphatic carbocycles. The van der Waals surface area contributed by atoms with Gasteiger partial charge in [-0.3, -0.25) is 0 Å². The van der Waals surface area contributed by atoms with Crippen molar-refractivity contribution in [1.82, 2.24) is 0 Å². The van der Waals surface area contributed by atoms with Crippen molar-refractivity contribution in [2.75, 3.05) is 26.4 Å². The van der Waals surface area contributed by atoms with Crippen molar-refractivity contribution in [3.8, 4) is 19.5 Å². The minimum Gasteiger partial charge on any atom is -0.381 e. The lowest BCUT2D eigenvalue weighted by Crippen LogP contribution is -1.95. The number of hydrogen-bond acceptors (Lipinski definition) is 7. The predicted octanol–water partition coefficient (Wildman–Crippen LogP) is 8.79. The molecule has 5 aromatic rings. The molecule has 0 aliphatic rings. The zero-order valence-corrected chi connectivity index (χ0v) is 21.6. The van der Waals surface area contributed by atoms with Crippen molar-refractivity contribution >= 4 is 75.5 Å². The average Bonchev–Trinajstić information content (AvgIpc) is 3.55. The van der Waals surface area contributed by atoms with Crippen LogP contribution in [0.1, 0.15) is 23.6 Å². The third-order valence-electron chi connectivity index (χ3n) is 5.02. The summed E-state index contributed by atoms with van der Waals surface area (Å²) in [5.41, 5.74) is 0. The summed E-state index contributed by atoms with van der Waals surface area (Å²) in [6.45, 7) is 7.30. The molecule has 0 amide bonds. The van der Waals surface area contributed by atoms with Crippen LogP contribution in [0, 0.1) is 0 Å². The first-order valence-electron chi connectivity index (χ1n) is 10.5. The van der Waals surface area contributed by atoms with Crippen LogP contribution >= 0.6 is 56.7 Å². The van der Waals surface area contributed by atoms with Gasteiger partial charge >= 0.3 is 0 Å². The van der Waals surface area contributed by atoms with Gasteiger partial charge in [0.1, 0.15) is 0 Å². The minimum atomic E-state index is 0.790. The standard InChI is InChI=1S/C24H24O2S5/c1-3-25-11-9-15-5-7-17(27-15)19-13-21-23(30-19)24-22(29-21)14-20(31-24)18-8-6-16(28-18)10-12-26-4-2/h5-8,13-14H,3-4,9-12H2,1-2H3. The van der Waals surface area contributed by atoms with E-state index in [4.69, 9.17) is 9.47 Å². The Morgan fingerprint density at radius 3 is 1.52 bits per heavy atom. The fraction of sp³-hybridized carbons (Fsp3) is 0.333. The Balaban J connectivity index is 1.37. The van der Waals surface area contributed by atoms with E-state index in [1.165, 1.54) is 48.1 Å². The van der Waals surface area contributed by atoms with E-state index in [-0.39, 0.29) is 0 Å². The van der Waals surface area contributed by atoms with Gasteiger partial charge in [0.15, 0.2) is 0 Å². The van der Waals surface area contributed by atoms with E-state index >= 15 is 0 Å². The molecule has 162 valence electrons. The molecule has 5 rings (SSSR count). The summed E-state index contributed by atoms with van der Waals surface area (Å²) < 4.78 is 16.7. The van der Waals surface area contributed by atoms with Gasteiger partial charge in [-0.05, 0) is 50.2 Å². The minimum absolute atomic E-state index is 0.790. The summed E-state index contributed by atoms with van der Waals surface area (Å²) in [6.07, 6.45) is 2.01. The normalized spacial score (nSPS) is 11.9. The molecule has 2 nitrogen and oxygen atoms in total. The molecule has 0 unspecified atom stereocenters. The van der Waals surface area contributed by atoms with Gasteiger partial charge in [0.25, 0.3) is 0 Å². The van der Waals surface area contributed by atoms with Gasteiger partial charge < -0.3 is 9.47 Å². The summed E-state index contributed by atoms with van der Waals surface area (Å²) in [4.78, 5) is 8.34. The Labute approximate surface area is 202 Å². The van der Waals surface area contributed by atoms with Gasteiger partial charge in [-0.1, -0.05) is 0 Å². The summed E-state index contributed by atoms with van der Waals surface area (Å²) in [6, 6.07) is 13.8. The number of rotatable bonds is 10. The Bertz CT molecular complexity index is 1180. The number of thiophene rings is 5. The zero-order chi connectivity index (χ0) is 21.2. The molecule has 0 N–H and O–H groups in total. The summed E-state index contributed by atoms with van der Waals surface area (Å²) in [7, 11) is 0. The highest BCUT2D eigenvalue weighted by Gasteiger charge is 2.16. The topological polar surface area (TPSA) is 18.5 Å². The molecule has 0 atom stereocenters. The van der Waals surface area contributed by atoms with Gasteiger partial charge in [-0.15, -0.1) is 56.7 Å². The SMILES string of the molecule is CCOCCc1ccc(-c2cc3sc4cc(-c5ccc(CCOCC)s5)sc4c3s2)s1. The largest absolute Gasteiger partial charge is 0.381 e. The molecule has 0 radical (unpaired) electrons. The van der Waals surface area contributed by atoms with Gasteiger partial charge in [-0.25, -0.2) is 0 Å². The monoisotopic (exact) mass is 504 g/mol. The van der Waals surface area contributed by atoms with Crippen LogP contribution < -0.4 is 0 Å². The first-order chi connectivity index (χ1) is 15.2. The van der Waals surface area contributed by atoms with Crippen LogP contribution in [0.2, 0.25) is 0 Å². The molecule has 0 saturated heterocycles. The van der Waals surface area contributed by atoms with Crippen molar-refractivity contribution in [2.24, 2.45) is 0 Å². The lowest BCUT2D eigenvalue weighted by atomic mass is 10.3. The Hall–Kier alpha value is -1.06. The van der Waals surface area contributed by atoms with E-state index < -0.39 is 0 Å². The molecule has 7 heteroatoms. The maximum atomic E-state index is 5.51. The second-order valence-corrected chi connectivity index (χ2v) is 12.7. The first kappa shape index (κ1) is 21.8. The zero-order valence-electron chi connectivity index (χ0n) is 17.6. The quantitative estimate of drug-likeness (QED) is 0.177. The van der Waals surface area contributed by atoms with Gasteiger partial charge in [0.2, 0.25) is 0 Å². The molecule has 0 bridgehead atoms. The second-order valence-electron chi connectivity index (χ2n) is 7.14. The van der Waals surface area contributed by atoms with E-state index in [1.807, 2.05) is 56.7 Å². The highest BCUT2D eigenvalue weighted by atomic mass is 32.1. The van der Waals surface area contributed by atoms with E-state index in [1.54, 1.807) is 0 Å². The summed E-state index contributed by atoms with van der Waals surface area (Å²) in [5.74, 6) is 0. The third-order valence-corrected chi connectivity index (χ3v) is 11.5. The van der Waals surface area contributed by atoms with Crippen molar-refractivity contribution in [3.63, 3.8) is 0 Å². The lowest BCUT2D eigenvalue weighted by molar-refractivity contribution is 0.151. The second kappa shape index (κ2) is 9.83. The molecule has 0 saturated carbocycles. The highest BCUT2D eigenvalue weighted by Crippen LogP contribution is 2.49. The predicted molar refractivity (Wildman–Crippen MR) is 142 cm³/mol. The number of hydrogen-bond donors (Lipinski definition) is 0. The van der Waals surface area contributed by atoms with E-state index in [2.05, 4.69) is 50.2 Å². The molecule has 0 aliphatic heterocycles. The van der Waals surface area contributed by atoms with Crippen LogP contribution in [0.3, 0.4) is 0 Å². The average molecular weight is 505 g/mol. The van der Waals surface area contributed by atoms with Crippen molar-refractivity contribution in [3.05, 3.63) is 46.2 Å². The van der Waals surface area contributed by atoms with Gasteiger partial charge in [-0.2, -0.15) is 0 Å². The fourth-order valence-corrected chi connectivity index (χ4v) is 9.66. The smallest absolute Gasteiger partial charge is 0.0636 e. The molecule has 0 spiro atoms. The maximum Gasteiger partial charge on any atom is 0.0636 e. The molecule has 5 aromatic heterocycles. The van der Waals surface area contributed by atoms with Gasteiger partial charge in [0, 0.05) is 64.7 Å². The Morgan fingerprint density at radius 1 is 0.581 bits per heavy atom. The fourth-order valence-electron chi connectivity index (χ4n) is 3.50. The number of ether oxygens (including phenoxy) is 2. The van der Waals surface area contributed by atoms with E-state index in [0.717, 1.165) is 39.3 Å². The molecular weight excluding hydrogens is 481 g/mol. The lowest BCUT2D eigenvalue weighted by Gasteiger charge is -1.97. The van der Waals surface area contributed by atoms with Crippen molar-refractivity contribution in [1.29, 1.82) is 0 Å². The van der Waals surface area contributed by atoms with Crippen LogP contribution in [0.4, 0.5) is 0 Å². The Morgan fingerprint density at radius 2 is 1.06 bits per heavy atom. The van der Waals surface area contributed by atoms with Crippen molar-refractivity contribution < 1.29 is 9.47 Å². The molecule has 31 heavy (non-hydrogen) atoms. The maximum absolute atomic E-state index is 5.51.